The van der Waals surface area contributed by atoms with Crippen molar-refractivity contribution in [3.05, 3.63) is 87.4 Å². The van der Waals surface area contributed by atoms with Crippen molar-refractivity contribution in [3.63, 3.8) is 0 Å². The van der Waals surface area contributed by atoms with Gasteiger partial charge in [0.2, 0.25) is 10.0 Å². The topological polar surface area (TPSA) is 46.2 Å². The van der Waals surface area contributed by atoms with E-state index in [0.29, 0.717) is 5.56 Å². The molecule has 6 heteroatoms. The molecular weight excluding hydrogens is 357 g/mol. The third kappa shape index (κ3) is 3.98. The number of rotatable bonds is 5. The Morgan fingerprint density at radius 3 is 2.32 bits per heavy atom. The summed E-state index contributed by atoms with van der Waals surface area (Å²) in [5, 5.41) is 1.89. The maximum absolute atomic E-state index is 13.2. The van der Waals surface area contributed by atoms with Crippen LogP contribution < -0.4 is 4.72 Å². The summed E-state index contributed by atoms with van der Waals surface area (Å²) in [5.74, 6) is -0.356. The molecule has 0 fully saturated rings. The van der Waals surface area contributed by atoms with Crippen molar-refractivity contribution in [2.75, 3.05) is 0 Å². The minimum Gasteiger partial charge on any atom is -0.207 e. The molecule has 3 nitrogen and oxygen atoms in total. The molecule has 130 valence electrons. The second-order valence-electron chi connectivity index (χ2n) is 5.87. The Morgan fingerprint density at radius 2 is 1.72 bits per heavy atom. The van der Waals surface area contributed by atoms with Gasteiger partial charge in [0.15, 0.2) is 0 Å². The predicted octanol–water partition coefficient (Wildman–Crippen LogP) is 4.57. The van der Waals surface area contributed by atoms with Gasteiger partial charge in [-0.3, -0.25) is 0 Å². The fourth-order valence-electron chi connectivity index (χ4n) is 2.51. The Balaban J connectivity index is 1.99. The van der Waals surface area contributed by atoms with E-state index < -0.39 is 16.1 Å². The van der Waals surface area contributed by atoms with Crippen LogP contribution in [-0.2, 0) is 10.0 Å². The van der Waals surface area contributed by atoms with E-state index in [0.717, 1.165) is 16.0 Å². The molecule has 0 bridgehead atoms. The van der Waals surface area contributed by atoms with Gasteiger partial charge in [0.05, 0.1) is 10.9 Å². The van der Waals surface area contributed by atoms with E-state index in [4.69, 9.17) is 0 Å². The highest BCUT2D eigenvalue weighted by Gasteiger charge is 2.24. The molecule has 25 heavy (non-hydrogen) atoms. The first-order valence-corrected chi connectivity index (χ1v) is 10.1. The van der Waals surface area contributed by atoms with Gasteiger partial charge in [-0.1, -0.05) is 24.3 Å². The third-order valence-electron chi connectivity index (χ3n) is 4.09. The zero-order valence-electron chi connectivity index (χ0n) is 13.9. The largest absolute Gasteiger partial charge is 0.241 e. The number of thiophene rings is 1. The Bertz CT molecular complexity index is 965. The van der Waals surface area contributed by atoms with Crippen molar-refractivity contribution in [2.45, 2.75) is 24.8 Å². The predicted molar refractivity (Wildman–Crippen MR) is 98.8 cm³/mol. The first kappa shape index (κ1) is 17.8. The minimum atomic E-state index is -3.72. The van der Waals surface area contributed by atoms with Gasteiger partial charge in [-0.25, -0.2) is 12.8 Å². The quantitative estimate of drug-likeness (QED) is 0.710. The lowest BCUT2D eigenvalue weighted by molar-refractivity contribution is 0.573. The second-order valence-corrected chi connectivity index (χ2v) is 8.56. The zero-order chi connectivity index (χ0) is 18.0. The maximum Gasteiger partial charge on any atom is 0.241 e. The number of nitrogens with one attached hydrogen (secondary N) is 1. The molecule has 0 aliphatic heterocycles. The van der Waals surface area contributed by atoms with Crippen LogP contribution in [0.15, 0.2) is 64.9 Å². The van der Waals surface area contributed by atoms with Crippen LogP contribution in [0.2, 0.25) is 0 Å². The van der Waals surface area contributed by atoms with E-state index in [-0.39, 0.29) is 10.7 Å². The van der Waals surface area contributed by atoms with Crippen molar-refractivity contribution in [3.8, 4) is 0 Å². The lowest BCUT2D eigenvalue weighted by Gasteiger charge is -2.18. The molecule has 0 saturated heterocycles. The summed E-state index contributed by atoms with van der Waals surface area (Å²) in [6.07, 6.45) is 0. The second kappa shape index (κ2) is 7.07. The van der Waals surface area contributed by atoms with E-state index in [2.05, 4.69) is 4.72 Å². The maximum atomic E-state index is 13.2. The number of benzene rings is 2. The number of hydrogen-bond acceptors (Lipinski definition) is 3. The zero-order valence-corrected chi connectivity index (χ0v) is 15.5. The molecule has 1 N–H and O–H groups in total. The molecule has 0 saturated carbocycles. The summed E-state index contributed by atoms with van der Waals surface area (Å²) in [7, 11) is -3.72. The summed E-state index contributed by atoms with van der Waals surface area (Å²) in [6.45, 7) is 3.82. The van der Waals surface area contributed by atoms with Crippen LogP contribution in [-0.4, -0.2) is 8.42 Å². The van der Waals surface area contributed by atoms with Gasteiger partial charge >= 0.3 is 0 Å². The molecule has 1 atom stereocenters. The van der Waals surface area contributed by atoms with Crippen molar-refractivity contribution < 1.29 is 12.8 Å². The smallest absolute Gasteiger partial charge is 0.207 e. The first-order chi connectivity index (χ1) is 11.9. The van der Waals surface area contributed by atoms with E-state index in [1.165, 1.54) is 23.5 Å². The van der Waals surface area contributed by atoms with Gasteiger partial charge in [-0.05, 0) is 66.2 Å². The highest BCUT2D eigenvalue weighted by Crippen LogP contribution is 2.28. The molecule has 0 aliphatic carbocycles. The number of hydrogen-bond donors (Lipinski definition) is 1. The molecule has 3 aromatic rings. The van der Waals surface area contributed by atoms with Gasteiger partial charge in [-0.15, -0.1) is 11.3 Å². The van der Waals surface area contributed by atoms with Crippen LogP contribution in [0, 0.1) is 19.7 Å². The molecule has 1 aromatic heterocycles. The van der Waals surface area contributed by atoms with Gasteiger partial charge in [0.1, 0.15) is 5.82 Å². The number of aryl methyl sites for hydroxylation is 2. The van der Waals surface area contributed by atoms with Crippen LogP contribution in [0.5, 0.6) is 0 Å². The van der Waals surface area contributed by atoms with E-state index in [1.54, 1.807) is 30.3 Å². The SMILES string of the molecule is Cc1ccc(S(=O)(=O)N[C@H](c2ccc(F)cc2)c2cccs2)cc1C. The van der Waals surface area contributed by atoms with Gasteiger partial charge in [0.25, 0.3) is 0 Å². The molecule has 0 spiro atoms. The van der Waals surface area contributed by atoms with Crippen molar-refractivity contribution in [1.29, 1.82) is 0 Å². The summed E-state index contributed by atoms with van der Waals surface area (Å²) >= 11 is 1.45. The normalized spacial score (nSPS) is 12.9. The lowest BCUT2D eigenvalue weighted by Crippen LogP contribution is -2.29. The highest BCUT2D eigenvalue weighted by molar-refractivity contribution is 7.89. The average molecular weight is 375 g/mol. The van der Waals surface area contributed by atoms with Gasteiger partial charge in [0, 0.05) is 4.88 Å². The Labute approximate surface area is 151 Å². The number of halogens is 1. The van der Waals surface area contributed by atoms with Gasteiger partial charge in [-0.2, -0.15) is 4.72 Å². The van der Waals surface area contributed by atoms with Crippen LogP contribution in [0.4, 0.5) is 4.39 Å². The van der Waals surface area contributed by atoms with E-state index in [9.17, 15) is 12.8 Å². The fourth-order valence-corrected chi connectivity index (χ4v) is 4.67. The molecule has 0 unspecified atom stereocenters. The summed E-state index contributed by atoms with van der Waals surface area (Å²) < 4.78 is 41.7. The van der Waals surface area contributed by atoms with E-state index in [1.807, 2.05) is 31.4 Å². The molecule has 1 heterocycles. The highest BCUT2D eigenvalue weighted by atomic mass is 32.2. The van der Waals surface area contributed by atoms with Crippen LogP contribution in [0.25, 0.3) is 0 Å². The molecule has 2 aromatic carbocycles. The van der Waals surface area contributed by atoms with Gasteiger partial charge < -0.3 is 0 Å². The first-order valence-electron chi connectivity index (χ1n) is 7.75. The minimum absolute atomic E-state index is 0.222. The monoisotopic (exact) mass is 375 g/mol. The van der Waals surface area contributed by atoms with Crippen molar-refractivity contribution in [2.24, 2.45) is 0 Å². The summed E-state index contributed by atoms with van der Waals surface area (Å²) in [5.41, 5.74) is 2.64. The molecule has 0 radical (unpaired) electrons. The van der Waals surface area contributed by atoms with Crippen molar-refractivity contribution >= 4 is 21.4 Å². The fraction of sp³-hybridized carbons (Fsp3) is 0.158. The third-order valence-corrected chi connectivity index (χ3v) is 6.45. The Morgan fingerprint density at radius 1 is 1.00 bits per heavy atom. The molecule has 0 amide bonds. The molecular formula is C19H18FNO2S2. The average Bonchev–Trinajstić information content (AvgIpc) is 3.10. The van der Waals surface area contributed by atoms with Crippen LogP contribution in [0.1, 0.15) is 27.6 Å². The number of sulfonamides is 1. The molecule has 3 rings (SSSR count). The standard InChI is InChI=1S/C19H18FNO2S2/c1-13-5-10-17(12-14(13)2)25(22,23)21-19(18-4-3-11-24-18)15-6-8-16(20)9-7-15/h3-12,19,21H,1-2H3/t19-/m1/s1. The molecule has 0 aliphatic rings. The lowest BCUT2D eigenvalue weighted by atomic mass is 10.1. The Kier molecular flexibility index (Phi) is 5.03. The van der Waals surface area contributed by atoms with Crippen molar-refractivity contribution in [1.82, 2.24) is 4.72 Å². The van der Waals surface area contributed by atoms with E-state index >= 15 is 0 Å². The van der Waals surface area contributed by atoms with Crippen LogP contribution >= 0.6 is 11.3 Å². The summed E-state index contributed by atoms with van der Waals surface area (Å²) in [4.78, 5) is 1.07. The Hall–Kier alpha value is -2.02. The van der Waals surface area contributed by atoms with Crippen LogP contribution in [0.3, 0.4) is 0 Å². The summed E-state index contributed by atoms with van der Waals surface area (Å²) in [6, 6.07) is 14.1.